The third kappa shape index (κ3) is 3.27. The lowest BCUT2D eigenvalue weighted by atomic mass is 10.2. The van der Waals surface area contributed by atoms with Crippen molar-refractivity contribution in [1.29, 1.82) is 0 Å². The molecule has 1 atom stereocenters. The van der Waals surface area contributed by atoms with E-state index in [1.807, 2.05) is 0 Å². The summed E-state index contributed by atoms with van der Waals surface area (Å²) in [7, 11) is 1.75. The molecule has 92 valence electrons. The molecule has 0 aliphatic carbocycles. The summed E-state index contributed by atoms with van der Waals surface area (Å²) in [5.74, 6) is 0. The molecule has 1 aromatic rings. The van der Waals surface area contributed by atoms with E-state index < -0.39 is 0 Å². The van der Waals surface area contributed by atoms with Gasteiger partial charge in [0.2, 0.25) is 0 Å². The molecule has 0 saturated heterocycles. The molecule has 1 unspecified atom stereocenters. The fourth-order valence-electron chi connectivity index (χ4n) is 1.74. The summed E-state index contributed by atoms with van der Waals surface area (Å²) in [6.07, 6.45) is 4.41. The van der Waals surface area contributed by atoms with Gasteiger partial charge in [0.25, 0.3) is 0 Å². The fraction of sp³-hybridized carbons (Fsp3) is 0.750. The van der Waals surface area contributed by atoms with Gasteiger partial charge in [0, 0.05) is 18.5 Å². The average molecular weight is 242 g/mol. The van der Waals surface area contributed by atoms with Gasteiger partial charge in [-0.1, -0.05) is 26.7 Å². The Bertz CT molecular complexity index is 312. The summed E-state index contributed by atoms with van der Waals surface area (Å²) >= 11 is 1.71. The maximum absolute atomic E-state index is 5.74. The van der Waals surface area contributed by atoms with E-state index >= 15 is 0 Å². The van der Waals surface area contributed by atoms with Crippen LogP contribution in [0.2, 0.25) is 0 Å². The van der Waals surface area contributed by atoms with Gasteiger partial charge < -0.3 is 10.5 Å². The van der Waals surface area contributed by atoms with Gasteiger partial charge in [0.05, 0.1) is 5.69 Å². The van der Waals surface area contributed by atoms with Crippen molar-refractivity contribution in [2.75, 3.05) is 7.11 Å². The van der Waals surface area contributed by atoms with E-state index in [9.17, 15) is 0 Å². The SMILES string of the molecule is CCCc1nc(C(CCC)OC)sc1CN. The lowest BCUT2D eigenvalue weighted by molar-refractivity contribution is 0.0946. The number of rotatable bonds is 7. The molecule has 0 aliphatic heterocycles. The Hall–Kier alpha value is -0.450. The zero-order chi connectivity index (χ0) is 12.0. The number of nitrogens with zero attached hydrogens (tertiary/aromatic N) is 1. The molecule has 1 aromatic heterocycles. The second-order valence-corrected chi connectivity index (χ2v) is 5.00. The van der Waals surface area contributed by atoms with Gasteiger partial charge in [-0.3, -0.25) is 0 Å². The minimum absolute atomic E-state index is 0.144. The molecule has 0 saturated carbocycles. The molecule has 0 amide bonds. The second-order valence-electron chi connectivity index (χ2n) is 3.89. The Balaban J connectivity index is 2.86. The van der Waals surface area contributed by atoms with Crippen molar-refractivity contribution >= 4 is 11.3 Å². The van der Waals surface area contributed by atoms with Gasteiger partial charge in [0.15, 0.2) is 0 Å². The van der Waals surface area contributed by atoms with E-state index in [0.29, 0.717) is 6.54 Å². The third-order valence-corrected chi connectivity index (χ3v) is 3.79. The van der Waals surface area contributed by atoms with Gasteiger partial charge in [-0.05, 0) is 12.8 Å². The smallest absolute Gasteiger partial charge is 0.122 e. The molecule has 0 aromatic carbocycles. The molecule has 1 heterocycles. The molecule has 3 nitrogen and oxygen atoms in total. The number of hydrogen-bond donors (Lipinski definition) is 1. The van der Waals surface area contributed by atoms with Crippen LogP contribution in [0.3, 0.4) is 0 Å². The molecule has 0 aliphatic rings. The Morgan fingerprint density at radius 2 is 2.12 bits per heavy atom. The van der Waals surface area contributed by atoms with Crippen molar-refractivity contribution in [3.8, 4) is 0 Å². The highest BCUT2D eigenvalue weighted by molar-refractivity contribution is 7.11. The molecule has 0 radical (unpaired) electrons. The van der Waals surface area contributed by atoms with Crippen LogP contribution in [-0.2, 0) is 17.7 Å². The highest BCUT2D eigenvalue weighted by Gasteiger charge is 2.17. The molecule has 0 spiro atoms. The van der Waals surface area contributed by atoms with Crippen molar-refractivity contribution in [3.63, 3.8) is 0 Å². The molecule has 0 bridgehead atoms. The summed E-state index contributed by atoms with van der Waals surface area (Å²) in [5, 5.41) is 1.09. The van der Waals surface area contributed by atoms with Crippen LogP contribution in [0.25, 0.3) is 0 Å². The standard InChI is InChI=1S/C12H22N2OS/c1-4-6-9-11(8-13)16-12(14-9)10(15-3)7-5-2/h10H,4-8,13H2,1-3H3. The number of hydrogen-bond acceptors (Lipinski definition) is 4. The van der Waals surface area contributed by atoms with Crippen LogP contribution < -0.4 is 5.73 Å². The van der Waals surface area contributed by atoms with Crippen molar-refractivity contribution < 1.29 is 4.74 Å². The largest absolute Gasteiger partial charge is 0.374 e. The molecule has 4 heteroatoms. The number of methoxy groups -OCH3 is 1. The molecular weight excluding hydrogens is 220 g/mol. The average Bonchev–Trinajstić information content (AvgIpc) is 2.69. The van der Waals surface area contributed by atoms with Crippen molar-refractivity contribution in [2.45, 2.75) is 52.2 Å². The highest BCUT2D eigenvalue weighted by atomic mass is 32.1. The van der Waals surface area contributed by atoms with Crippen LogP contribution in [-0.4, -0.2) is 12.1 Å². The predicted molar refractivity (Wildman–Crippen MR) is 68.7 cm³/mol. The van der Waals surface area contributed by atoms with Crippen molar-refractivity contribution in [1.82, 2.24) is 4.98 Å². The molecule has 1 rings (SSSR count). The number of aryl methyl sites for hydroxylation is 1. The summed E-state index contributed by atoms with van der Waals surface area (Å²) in [5.41, 5.74) is 6.91. The quantitative estimate of drug-likeness (QED) is 0.799. The van der Waals surface area contributed by atoms with Crippen molar-refractivity contribution in [3.05, 3.63) is 15.6 Å². The van der Waals surface area contributed by atoms with E-state index in [4.69, 9.17) is 10.5 Å². The Morgan fingerprint density at radius 3 is 2.62 bits per heavy atom. The Kier molecular flexibility index (Phi) is 5.95. The number of aromatic nitrogens is 1. The summed E-state index contributed by atoms with van der Waals surface area (Å²) < 4.78 is 5.47. The zero-order valence-electron chi connectivity index (χ0n) is 10.5. The van der Waals surface area contributed by atoms with Crippen LogP contribution in [0.1, 0.15) is 54.8 Å². The lowest BCUT2D eigenvalue weighted by Gasteiger charge is -2.10. The fourth-order valence-corrected chi connectivity index (χ4v) is 2.84. The minimum Gasteiger partial charge on any atom is -0.374 e. The second kappa shape index (κ2) is 6.99. The Labute approximate surface area is 102 Å². The molecule has 0 fully saturated rings. The maximum atomic E-state index is 5.74. The number of nitrogens with two attached hydrogens (primary N) is 1. The van der Waals surface area contributed by atoms with Gasteiger partial charge >= 0.3 is 0 Å². The molecule has 16 heavy (non-hydrogen) atoms. The number of thiazole rings is 1. The van der Waals surface area contributed by atoms with E-state index in [1.54, 1.807) is 18.4 Å². The molecular formula is C12H22N2OS. The normalized spacial score (nSPS) is 13.0. The zero-order valence-corrected chi connectivity index (χ0v) is 11.3. The lowest BCUT2D eigenvalue weighted by Crippen LogP contribution is -2.01. The summed E-state index contributed by atoms with van der Waals surface area (Å²) in [6, 6.07) is 0. The monoisotopic (exact) mass is 242 g/mol. The topological polar surface area (TPSA) is 48.1 Å². The van der Waals surface area contributed by atoms with Crippen molar-refractivity contribution in [2.24, 2.45) is 5.73 Å². The predicted octanol–water partition coefficient (Wildman–Crippen LogP) is 3.04. The van der Waals surface area contributed by atoms with Gasteiger partial charge in [0.1, 0.15) is 11.1 Å². The summed E-state index contributed by atoms with van der Waals surface area (Å²) in [6.45, 7) is 4.92. The first-order valence-corrected chi connectivity index (χ1v) is 6.79. The van der Waals surface area contributed by atoms with Crippen LogP contribution >= 0.6 is 11.3 Å². The van der Waals surface area contributed by atoms with E-state index in [2.05, 4.69) is 18.8 Å². The van der Waals surface area contributed by atoms with Gasteiger partial charge in [-0.15, -0.1) is 11.3 Å². The van der Waals surface area contributed by atoms with Crippen LogP contribution in [0.15, 0.2) is 0 Å². The maximum Gasteiger partial charge on any atom is 0.122 e. The van der Waals surface area contributed by atoms with Gasteiger partial charge in [-0.2, -0.15) is 0 Å². The number of ether oxygens (including phenoxy) is 1. The van der Waals surface area contributed by atoms with Crippen LogP contribution in [0.4, 0.5) is 0 Å². The van der Waals surface area contributed by atoms with E-state index in [1.165, 1.54) is 10.6 Å². The first-order valence-electron chi connectivity index (χ1n) is 5.98. The van der Waals surface area contributed by atoms with Crippen LogP contribution in [0, 0.1) is 0 Å². The first-order chi connectivity index (χ1) is 7.76. The third-order valence-electron chi connectivity index (χ3n) is 2.58. The minimum atomic E-state index is 0.144. The first kappa shape index (κ1) is 13.6. The molecule has 2 N–H and O–H groups in total. The summed E-state index contributed by atoms with van der Waals surface area (Å²) in [4.78, 5) is 5.89. The van der Waals surface area contributed by atoms with Crippen LogP contribution in [0.5, 0.6) is 0 Å². The van der Waals surface area contributed by atoms with Gasteiger partial charge in [-0.25, -0.2) is 4.98 Å². The van der Waals surface area contributed by atoms with E-state index in [0.717, 1.165) is 30.7 Å². The highest BCUT2D eigenvalue weighted by Crippen LogP contribution is 2.29. The van der Waals surface area contributed by atoms with E-state index in [-0.39, 0.29) is 6.10 Å². The Morgan fingerprint density at radius 1 is 1.38 bits per heavy atom.